The average molecular weight is 439 g/mol. The highest BCUT2D eigenvalue weighted by Crippen LogP contribution is 2.10. The van der Waals surface area contributed by atoms with Crippen molar-refractivity contribution >= 4 is 17.6 Å². The summed E-state index contributed by atoms with van der Waals surface area (Å²) < 4.78 is 11.6. The molecule has 2 aromatic heterocycles. The highest BCUT2D eigenvalue weighted by atomic mass is 16.6. The number of hydrogen-bond donors (Lipinski definition) is 1. The van der Waals surface area contributed by atoms with Crippen LogP contribution in [0.5, 0.6) is 0 Å². The molecule has 1 amide bonds. The van der Waals surface area contributed by atoms with Crippen molar-refractivity contribution in [2.45, 2.75) is 19.4 Å². The summed E-state index contributed by atoms with van der Waals surface area (Å²) in [7, 11) is 3.36. The fourth-order valence-electron chi connectivity index (χ4n) is 2.70. The third-order valence-electron chi connectivity index (χ3n) is 4.26. The maximum Gasteiger partial charge on any atom is 0.412 e. The molecular formula is C21H25N7O4. The number of methoxy groups -OCH3 is 1. The van der Waals surface area contributed by atoms with E-state index < -0.39 is 6.09 Å². The smallest absolute Gasteiger partial charge is 0.412 e. The molecule has 0 aliphatic carbocycles. The van der Waals surface area contributed by atoms with Gasteiger partial charge in [0.1, 0.15) is 5.82 Å². The van der Waals surface area contributed by atoms with E-state index in [2.05, 4.69) is 31.0 Å². The van der Waals surface area contributed by atoms with Gasteiger partial charge in [0.2, 0.25) is 5.82 Å². The molecular weight excluding hydrogens is 414 g/mol. The Morgan fingerprint density at radius 2 is 1.91 bits per heavy atom. The molecule has 0 saturated heterocycles. The Bertz CT molecular complexity index is 1020. The predicted octanol–water partition coefficient (Wildman–Crippen LogP) is 2.55. The van der Waals surface area contributed by atoms with Gasteiger partial charge in [0.15, 0.2) is 12.3 Å². The van der Waals surface area contributed by atoms with Crippen LogP contribution in [0.25, 0.3) is 0 Å². The van der Waals surface area contributed by atoms with Crippen molar-refractivity contribution in [2.75, 3.05) is 25.6 Å². The van der Waals surface area contributed by atoms with E-state index >= 15 is 0 Å². The molecule has 3 rings (SSSR count). The van der Waals surface area contributed by atoms with Crippen molar-refractivity contribution < 1.29 is 19.1 Å². The van der Waals surface area contributed by atoms with Crippen LogP contribution in [0.2, 0.25) is 0 Å². The van der Waals surface area contributed by atoms with Gasteiger partial charge in [0, 0.05) is 26.3 Å². The fraction of sp³-hybridized carbons (Fsp3) is 0.333. The number of anilines is 1. The molecule has 0 bridgehead atoms. The van der Waals surface area contributed by atoms with Crippen molar-refractivity contribution in [1.82, 2.24) is 25.2 Å². The molecule has 0 unspecified atom stereocenters. The molecule has 32 heavy (non-hydrogen) atoms. The first-order chi connectivity index (χ1) is 15.7. The Kier molecular flexibility index (Phi) is 8.63. The lowest BCUT2D eigenvalue weighted by Crippen LogP contribution is -2.16. The summed E-state index contributed by atoms with van der Waals surface area (Å²) >= 11 is 0. The number of amides is 1. The molecule has 0 aliphatic heterocycles. The summed E-state index contributed by atoms with van der Waals surface area (Å²) in [6.45, 7) is 1.03. The van der Waals surface area contributed by atoms with Crippen LogP contribution in [-0.2, 0) is 28.0 Å². The van der Waals surface area contributed by atoms with Gasteiger partial charge in [-0.25, -0.2) is 14.5 Å². The predicted molar refractivity (Wildman–Crippen MR) is 116 cm³/mol. The third kappa shape index (κ3) is 6.84. The highest BCUT2D eigenvalue weighted by Gasteiger charge is 2.15. The zero-order valence-electron chi connectivity index (χ0n) is 18.0. The maximum absolute atomic E-state index is 11.9. The molecule has 0 saturated carbocycles. The molecule has 0 aliphatic rings. The van der Waals surface area contributed by atoms with Gasteiger partial charge in [0.25, 0.3) is 0 Å². The monoisotopic (exact) mass is 439 g/mol. The molecule has 11 nitrogen and oxygen atoms in total. The molecule has 0 spiro atoms. The number of carbonyl (C=O) groups excluding carboxylic acids is 1. The van der Waals surface area contributed by atoms with Gasteiger partial charge >= 0.3 is 6.09 Å². The summed E-state index contributed by atoms with van der Waals surface area (Å²) in [5.41, 5.74) is 1.88. The molecule has 11 heteroatoms. The minimum Gasteiger partial charge on any atom is -0.449 e. The van der Waals surface area contributed by atoms with Crippen LogP contribution in [0.4, 0.5) is 10.6 Å². The van der Waals surface area contributed by atoms with Gasteiger partial charge in [-0.1, -0.05) is 41.6 Å². The van der Waals surface area contributed by atoms with Crippen LogP contribution < -0.4 is 5.32 Å². The number of carbonyl (C=O) groups is 1. The number of hydrogen-bond acceptors (Lipinski definition) is 9. The summed E-state index contributed by atoms with van der Waals surface area (Å²) in [6, 6.07) is 14.7. The number of ether oxygens (including phenoxy) is 2. The number of aromatic nitrogens is 5. The van der Waals surface area contributed by atoms with Crippen LogP contribution in [0.15, 0.2) is 53.7 Å². The second-order valence-electron chi connectivity index (χ2n) is 6.68. The van der Waals surface area contributed by atoms with E-state index in [0.29, 0.717) is 36.3 Å². The normalized spacial score (nSPS) is 11.2. The number of nitrogens with zero attached hydrogens (tertiary/aromatic N) is 6. The molecule has 1 aromatic carbocycles. The first kappa shape index (κ1) is 22.8. The second kappa shape index (κ2) is 12.1. The number of pyridine rings is 1. The topological polar surface area (TPSA) is 126 Å². The molecule has 0 atom stereocenters. The summed E-state index contributed by atoms with van der Waals surface area (Å²) in [5, 5.41) is 18.4. The molecule has 0 fully saturated rings. The SMILES string of the molecule is COCCCCOC(=O)Nc1cccc(CON=C(c2ccccc2)c2nnnn2C)n1. The van der Waals surface area contributed by atoms with Gasteiger partial charge in [-0.2, -0.15) is 0 Å². The quantitative estimate of drug-likeness (QED) is 0.274. The van der Waals surface area contributed by atoms with Crippen molar-refractivity contribution in [2.24, 2.45) is 12.2 Å². The largest absolute Gasteiger partial charge is 0.449 e. The highest BCUT2D eigenvalue weighted by molar-refractivity contribution is 6.10. The van der Waals surface area contributed by atoms with E-state index in [1.165, 1.54) is 4.68 Å². The van der Waals surface area contributed by atoms with Gasteiger partial charge in [-0.15, -0.1) is 5.10 Å². The number of aryl methyl sites for hydroxylation is 1. The standard InChI is InChI=1S/C21H25N7O4/c1-28-20(24-26-27-28)19(16-9-4-3-5-10-16)25-32-15-17-11-8-12-18(22-17)23-21(29)31-14-7-6-13-30-2/h3-5,8-12H,6-7,13-15H2,1-2H3,(H,22,23,29). The number of tetrazole rings is 1. The Morgan fingerprint density at radius 1 is 1.09 bits per heavy atom. The van der Waals surface area contributed by atoms with Crippen molar-refractivity contribution in [3.05, 3.63) is 65.6 Å². The van der Waals surface area contributed by atoms with Gasteiger partial charge in [0.05, 0.1) is 12.3 Å². The van der Waals surface area contributed by atoms with Gasteiger partial charge < -0.3 is 14.3 Å². The van der Waals surface area contributed by atoms with E-state index in [9.17, 15) is 4.79 Å². The Labute approximate surface area is 185 Å². The summed E-state index contributed by atoms with van der Waals surface area (Å²) in [6.07, 6.45) is 0.989. The van der Waals surface area contributed by atoms with E-state index in [0.717, 1.165) is 18.4 Å². The number of unbranched alkanes of at least 4 members (excludes halogenated alkanes) is 1. The number of rotatable bonds is 11. The molecule has 2 heterocycles. The van der Waals surface area contributed by atoms with Crippen LogP contribution in [0.3, 0.4) is 0 Å². The third-order valence-corrected chi connectivity index (χ3v) is 4.26. The van der Waals surface area contributed by atoms with Gasteiger partial charge in [-0.3, -0.25) is 5.32 Å². The van der Waals surface area contributed by atoms with E-state index in [-0.39, 0.29) is 6.61 Å². The maximum atomic E-state index is 11.9. The summed E-state index contributed by atoms with van der Waals surface area (Å²) in [4.78, 5) is 21.8. The molecule has 168 valence electrons. The average Bonchev–Trinajstić information content (AvgIpc) is 3.23. The van der Waals surface area contributed by atoms with Crippen LogP contribution in [-0.4, -0.2) is 57.3 Å². The van der Waals surface area contributed by atoms with Crippen LogP contribution >= 0.6 is 0 Å². The number of benzene rings is 1. The lowest BCUT2D eigenvalue weighted by molar-refractivity contribution is 0.128. The van der Waals surface area contributed by atoms with Crippen molar-refractivity contribution in [3.8, 4) is 0 Å². The first-order valence-electron chi connectivity index (χ1n) is 10.0. The second-order valence-corrected chi connectivity index (χ2v) is 6.68. The Balaban J connectivity index is 1.59. The van der Waals surface area contributed by atoms with Crippen LogP contribution in [0, 0.1) is 0 Å². The molecule has 0 radical (unpaired) electrons. The lowest BCUT2D eigenvalue weighted by atomic mass is 10.1. The minimum atomic E-state index is -0.563. The van der Waals surface area contributed by atoms with E-state index in [1.54, 1.807) is 32.4 Å². The zero-order chi connectivity index (χ0) is 22.6. The van der Waals surface area contributed by atoms with Crippen LogP contribution in [0.1, 0.15) is 29.9 Å². The Morgan fingerprint density at radius 3 is 2.66 bits per heavy atom. The summed E-state index contributed by atoms with van der Waals surface area (Å²) in [5.74, 6) is 0.825. The lowest BCUT2D eigenvalue weighted by Gasteiger charge is -2.08. The Hall–Kier alpha value is -3.86. The number of oxime groups is 1. The zero-order valence-corrected chi connectivity index (χ0v) is 18.0. The molecule has 3 aromatic rings. The number of nitrogens with one attached hydrogen (secondary N) is 1. The van der Waals surface area contributed by atoms with Crippen molar-refractivity contribution in [1.29, 1.82) is 0 Å². The minimum absolute atomic E-state index is 0.0865. The van der Waals surface area contributed by atoms with Gasteiger partial charge in [-0.05, 0) is 35.4 Å². The van der Waals surface area contributed by atoms with E-state index in [4.69, 9.17) is 14.3 Å². The first-order valence-corrected chi connectivity index (χ1v) is 10.0. The van der Waals surface area contributed by atoms with Crippen molar-refractivity contribution in [3.63, 3.8) is 0 Å². The molecule has 1 N–H and O–H groups in total. The van der Waals surface area contributed by atoms with E-state index in [1.807, 2.05) is 30.3 Å². The fourth-order valence-corrected chi connectivity index (χ4v) is 2.70.